The Morgan fingerprint density at radius 3 is 2.38 bits per heavy atom. The Balaban J connectivity index is 1.07. The summed E-state index contributed by atoms with van der Waals surface area (Å²) in [5.41, 5.74) is 5.44. The molecule has 1 unspecified atom stereocenters. The molecule has 3 amide bonds. The summed E-state index contributed by atoms with van der Waals surface area (Å²) in [5, 5.41) is 5.73. The van der Waals surface area contributed by atoms with E-state index in [1.54, 1.807) is 23.1 Å². The average Bonchev–Trinajstić information content (AvgIpc) is 3.05. The zero-order chi connectivity index (χ0) is 31.8. The topological polar surface area (TPSA) is 109 Å². The molecule has 1 atom stereocenters. The molecule has 2 heterocycles. The molecule has 2 N–H and O–H groups in total. The molecule has 45 heavy (non-hydrogen) atoms. The van der Waals surface area contributed by atoms with Crippen LogP contribution in [-0.4, -0.2) is 73.8 Å². The minimum atomic E-state index is -0.341. The lowest BCUT2D eigenvalue weighted by molar-refractivity contribution is -0.130. The fourth-order valence-corrected chi connectivity index (χ4v) is 5.64. The third-order valence-electron chi connectivity index (χ3n) is 7.84. The third-order valence-corrected chi connectivity index (χ3v) is 7.84. The molecule has 0 radical (unpaired) electrons. The van der Waals surface area contributed by atoms with E-state index in [1.807, 2.05) is 30.3 Å². The fourth-order valence-electron chi connectivity index (χ4n) is 5.64. The summed E-state index contributed by atoms with van der Waals surface area (Å²) < 4.78 is 11.1. The fraction of sp³-hybridized carbons (Fsp3) is 0.389. The summed E-state index contributed by atoms with van der Waals surface area (Å²) in [6.07, 6.45) is 2.38. The normalized spacial score (nSPS) is 15.1. The number of carbonyl (C=O) groups excluding carboxylic acids is 3. The second-order valence-electron chi connectivity index (χ2n) is 12.0. The van der Waals surface area contributed by atoms with Crippen LogP contribution >= 0.6 is 0 Å². The van der Waals surface area contributed by atoms with E-state index in [-0.39, 0.29) is 36.2 Å². The van der Waals surface area contributed by atoms with Crippen LogP contribution in [-0.2, 0) is 11.2 Å². The minimum Gasteiger partial charge on any atom is -0.486 e. The van der Waals surface area contributed by atoms with Crippen molar-refractivity contribution in [3.05, 3.63) is 94.5 Å². The molecule has 0 aliphatic carbocycles. The largest absolute Gasteiger partial charge is 0.486 e. The number of rotatable bonds is 12. The van der Waals surface area contributed by atoms with Gasteiger partial charge in [0.1, 0.15) is 13.2 Å². The van der Waals surface area contributed by atoms with Gasteiger partial charge in [0.25, 0.3) is 11.8 Å². The maximum Gasteiger partial charge on any atom is 0.251 e. The Morgan fingerprint density at radius 2 is 1.60 bits per heavy atom. The van der Waals surface area contributed by atoms with E-state index in [9.17, 15) is 14.4 Å². The van der Waals surface area contributed by atoms with Gasteiger partial charge in [-0.05, 0) is 68.0 Å². The molecule has 0 aromatic heterocycles. The first-order valence-electron chi connectivity index (χ1n) is 15.8. The molecule has 5 rings (SSSR count). The molecule has 9 nitrogen and oxygen atoms in total. The summed E-state index contributed by atoms with van der Waals surface area (Å²) in [7, 11) is 0. The second-order valence-corrected chi connectivity index (χ2v) is 12.0. The number of nitrogens with zero attached hydrogens (tertiary/aromatic N) is 2. The van der Waals surface area contributed by atoms with E-state index < -0.39 is 0 Å². The average molecular weight is 611 g/mol. The summed E-state index contributed by atoms with van der Waals surface area (Å²) in [6, 6.07) is 21.2. The van der Waals surface area contributed by atoms with Gasteiger partial charge in [-0.1, -0.05) is 50.2 Å². The number of aliphatic imine (C=N–C) groups is 1. The van der Waals surface area contributed by atoms with Crippen LogP contribution < -0.4 is 20.1 Å². The van der Waals surface area contributed by atoms with Gasteiger partial charge in [0.2, 0.25) is 5.91 Å². The van der Waals surface area contributed by atoms with Gasteiger partial charge in [0, 0.05) is 41.9 Å². The summed E-state index contributed by atoms with van der Waals surface area (Å²) in [4.78, 5) is 45.2. The van der Waals surface area contributed by atoms with Gasteiger partial charge in [-0.3, -0.25) is 19.4 Å². The lowest BCUT2D eigenvalue weighted by atomic mass is 9.90. The number of fused-ring (bicyclic) bond motifs is 2. The molecule has 236 valence electrons. The van der Waals surface area contributed by atoms with Crippen LogP contribution in [0.5, 0.6) is 11.5 Å². The number of benzene rings is 3. The zero-order valence-electron chi connectivity index (χ0n) is 26.3. The van der Waals surface area contributed by atoms with Crippen LogP contribution in [0, 0.1) is 5.92 Å². The predicted octanol–water partition coefficient (Wildman–Crippen LogP) is 4.66. The van der Waals surface area contributed by atoms with Gasteiger partial charge in [-0.25, -0.2) is 0 Å². The van der Waals surface area contributed by atoms with E-state index in [2.05, 4.69) is 49.6 Å². The van der Waals surface area contributed by atoms with Crippen LogP contribution in [0.1, 0.15) is 71.0 Å². The number of unbranched alkanes of at least 4 members (excludes halogenated alkanes) is 1. The monoisotopic (exact) mass is 610 g/mol. The van der Waals surface area contributed by atoms with Crippen molar-refractivity contribution in [1.82, 2.24) is 15.5 Å². The van der Waals surface area contributed by atoms with Crippen molar-refractivity contribution in [3.63, 3.8) is 0 Å². The molecule has 9 heteroatoms. The Hall–Kier alpha value is -4.66. The smallest absolute Gasteiger partial charge is 0.251 e. The van der Waals surface area contributed by atoms with Crippen molar-refractivity contribution in [2.45, 2.75) is 46.1 Å². The van der Waals surface area contributed by atoms with Gasteiger partial charge in [0.05, 0.1) is 18.3 Å². The molecule has 2 aliphatic rings. The van der Waals surface area contributed by atoms with Crippen molar-refractivity contribution in [2.75, 3.05) is 39.4 Å². The van der Waals surface area contributed by atoms with Gasteiger partial charge >= 0.3 is 0 Å². The van der Waals surface area contributed by atoms with Crippen molar-refractivity contribution in [3.8, 4) is 11.5 Å². The number of nitrogens with one attached hydrogen (secondary N) is 2. The van der Waals surface area contributed by atoms with Gasteiger partial charge in [-0.15, -0.1) is 0 Å². The quantitative estimate of drug-likeness (QED) is 0.290. The first-order chi connectivity index (χ1) is 21.8. The lowest BCUT2D eigenvalue weighted by Crippen LogP contribution is -2.42. The molecule has 0 saturated carbocycles. The van der Waals surface area contributed by atoms with Crippen molar-refractivity contribution in [1.29, 1.82) is 0 Å². The third kappa shape index (κ3) is 8.29. The van der Waals surface area contributed by atoms with Crippen LogP contribution in [0.15, 0.2) is 71.7 Å². The van der Waals surface area contributed by atoms with E-state index in [1.165, 1.54) is 5.56 Å². The number of amides is 3. The molecular weight excluding hydrogens is 568 g/mol. The summed E-state index contributed by atoms with van der Waals surface area (Å²) in [6.45, 7) is 8.69. The number of ether oxygens (including phenoxy) is 2. The van der Waals surface area contributed by atoms with E-state index >= 15 is 0 Å². The second kappa shape index (κ2) is 14.9. The Morgan fingerprint density at radius 1 is 0.889 bits per heavy atom. The first-order valence-corrected chi connectivity index (χ1v) is 15.8. The zero-order valence-corrected chi connectivity index (χ0v) is 26.3. The highest BCUT2D eigenvalue weighted by Gasteiger charge is 2.20. The van der Waals surface area contributed by atoms with Gasteiger partial charge < -0.3 is 25.0 Å². The SMILES string of the molecule is CC(C)CN(CCCCNC(=O)c1ccc(C2=NC(C)Cc3ccccc32)cc1)C(=O)CNC(=O)c1ccc2c(c1)OCCO2. The van der Waals surface area contributed by atoms with Crippen LogP contribution in [0.4, 0.5) is 0 Å². The van der Waals surface area contributed by atoms with E-state index in [4.69, 9.17) is 14.5 Å². The maximum absolute atomic E-state index is 13.0. The summed E-state index contributed by atoms with van der Waals surface area (Å²) >= 11 is 0. The van der Waals surface area contributed by atoms with E-state index in [0.717, 1.165) is 36.1 Å². The van der Waals surface area contributed by atoms with Crippen LogP contribution in [0.25, 0.3) is 0 Å². The van der Waals surface area contributed by atoms with Crippen molar-refractivity contribution in [2.24, 2.45) is 10.9 Å². The minimum absolute atomic E-state index is 0.0936. The summed E-state index contributed by atoms with van der Waals surface area (Å²) in [5.74, 6) is 0.808. The van der Waals surface area contributed by atoms with Gasteiger partial charge in [0.15, 0.2) is 11.5 Å². The Kier molecular flexibility index (Phi) is 10.5. The molecule has 0 spiro atoms. The highest BCUT2D eigenvalue weighted by molar-refractivity contribution is 6.14. The molecule has 3 aromatic carbocycles. The van der Waals surface area contributed by atoms with Crippen molar-refractivity contribution < 1.29 is 23.9 Å². The molecule has 0 bridgehead atoms. The molecule has 0 fully saturated rings. The first kappa shape index (κ1) is 31.8. The van der Waals surface area contributed by atoms with Crippen LogP contribution in [0.3, 0.4) is 0 Å². The van der Waals surface area contributed by atoms with Gasteiger partial charge in [-0.2, -0.15) is 0 Å². The molecule has 2 aliphatic heterocycles. The Labute approximate surface area is 265 Å². The van der Waals surface area contributed by atoms with E-state index in [0.29, 0.717) is 55.5 Å². The van der Waals surface area contributed by atoms with Crippen molar-refractivity contribution >= 4 is 23.4 Å². The molecule has 0 saturated heterocycles. The lowest BCUT2D eigenvalue weighted by Gasteiger charge is -2.25. The predicted molar refractivity (Wildman–Crippen MR) is 174 cm³/mol. The maximum atomic E-state index is 13.0. The highest BCUT2D eigenvalue weighted by Crippen LogP contribution is 2.30. The number of carbonyl (C=O) groups is 3. The van der Waals surface area contributed by atoms with Crippen LogP contribution in [0.2, 0.25) is 0 Å². The number of hydrogen-bond donors (Lipinski definition) is 2. The molecule has 3 aromatic rings. The molecular formula is C36H42N4O5. The number of hydrogen-bond acceptors (Lipinski definition) is 6. The standard InChI is InChI=1S/C36H42N4O5/c1-24(2)23-40(33(41)22-38-36(43)29-14-15-31-32(21-29)45-19-18-44-31)17-7-6-16-37-35(42)27-12-10-26(11-13-27)34-30-9-5-4-8-28(30)20-25(3)39-34/h4-5,8-15,21,24-25H,6-7,16-20,22-23H2,1-3H3,(H,37,42)(H,38,43). The Bertz CT molecular complexity index is 1550. The highest BCUT2D eigenvalue weighted by atomic mass is 16.6.